The van der Waals surface area contributed by atoms with Gasteiger partial charge in [-0.2, -0.15) is 0 Å². The minimum atomic E-state index is 0. The van der Waals surface area contributed by atoms with Crippen LogP contribution in [-0.2, 0) is 0 Å². The second kappa shape index (κ2) is 6.13. The highest BCUT2D eigenvalue weighted by Crippen LogP contribution is 2.04. The zero-order valence-electron chi connectivity index (χ0n) is 7.07. The molecule has 0 heterocycles. The minimum Gasteiger partial charge on any atom is -1.00 e. The topological polar surface area (TPSA) is 0 Å². The molecular formula is C7H14Cl3N. The summed E-state index contributed by atoms with van der Waals surface area (Å²) >= 11 is 11.2. The van der Waals surface area contributed by atoms with Crippen molar-refractivity contribution in [3.8, 4) is 0 Å². The molecule has 0 N–H and O–H groups in total. The Kier molecular flexibility index (Phi) is 7.86. The highest BCUT2D eigenvalue weighted by molar-refractivity contribution is 6.35. The molecule has 0 bridgehead atoms. The third kappa shape index (κ3) is 10.6. The molecule has 1 nitrogen and oxygen atoms in total. The average Bonchev–Trinajstić information content (AvgIpc) is 1.81. The Morgan fingerprint density at radius 3 is 2.09 bits per heavy atom. The second-order valence-electron chi connectivity index (χ2n) is 3.26. The Hall–Kier alpha value is 0.570. The van der Waals surface area contributed by atoms with Gasteiger partial charge < -0.3 is 16.9 Å². The van der Waals surface area contributed by atoms with E-state index in [0.29, 0.717) is 5.88 Å². The van der Waals surface area contributed by atoms with E-state index in [2.05, 4.69) is 21.1 Å². The third-order valence-electron chi connectivity index (χ3n) is 0.988. The molecule has 0 unspecified atom stereocenters. The zero-order valence-corrected chi connectivity index (χ0v) is 9.34. The van der Waals surface area contributed by atoms with E-state index in [0.717, 1.165) is 16.1 Å². The summed E-state index contributed by atoms with van der Waals surface area (Å²) < 4.78 is 0.882. The Labute approximate surface area is 85.0 Å². The van der Waals surface area contributed by atoms with Gasteiger partial charge in [-0.15, -0.1) is 11.6 Å². The van der Waals surface area contributed by atoms with E-state index in [1.165, 1.54) is 0 Å². The lowest BCUT2D eigenvalue weighted by Crippen LogP contribution is -3.00. The third-order valence-corrected chi connectivity index (χ3v) is 1.70. The van der Waals surface area contributed by atoms with Gasteiger partial charge >= 0.3 is 0 Å². The number of halogens is 3. The molecule has 0 aromatic carbocycles. The summed E-state index contributed by atoms with van der Waals surface area (Å²) in [6, 6.07) is 0. The summed E-state index contributed by atoms with van der Waals surface area (Å²) in [5.41, 5.74) is 0. The van der Waals surface area contributed by atoms with Gasteiger partial charge in [0.15, 0.2) is 0 Å². The number of quaternary nitrogens is 1. The van der Waals surface area contributed by atoms with Crippen LogP contribution < -0.4 is 12.4 Å². The second-order valence-corrected chi connectivity index (χ2v) is 4.01. The van der Waals surface area contributed by atoms with Gasteiger partial charge in [-0.25, -0.2) is 0 Å². The largest absolute Gasteiger partial charge is 1.00 e. The highest BCUT2D eigenvalue weighted by Gasteiger charge is 2.03. The molecule has 0 aliphatic carbocycles. The van der Waals surface area contributed by atoms with Crippen LogP contribution in [0.2, 0.25) is 0 Å². The van der Waals surface area contributed by atoms with E-state index in [1.54, 1.807) is 0 Å². The summed E-state index contributed by atoms with van der Waals surface area (Å²) in [6.07, 6.45) is 1.95. The quantitative estimate of drug-likeness (QED) is 0.424. The molecule has 0 saturated carbocycles. The molecule has 11 heavy (non-hydrogen) atoms. The maximum atomic E-state index is 5.69. The van der Waals surface area contributed by atoms with E-state index >= 15 is 0 Å². The van der Waals surface area contributed by atoms with Crippen LogP contribution in [0.3, 0.4) is 0 Å². The van der Waals surface area contributed by atoms with E-state index < -0.39 is 0 Å². The lowest BCUT2D eigenvalue weighted by atomic mass is 10.4. The van der Waals surface area contributed by atoms with Crippen molar-refractivity contribution in [2.24, 2.45) is 0 Å². The van der Waals surface area contributed by atoms with Crippen molar-refractivity contribution < 1.29 is 16.9 Å². The molecular weight excluding hydrogens is 204 g/mol. The summed E-state index contributed by atoms with van der Waals surface area (Å²) in [5, 5.41) is 0.731. The lowest BCUT2D eigenvalue weighted by molar-refractivity contribution is -0.864. The Bertz CT molecular complexity index is 126. The van der Waals surface area contributed by atoms with Crippen LogP contribution in [0.1, 0.15) is 0 Å². The molecule has 4 heteroatoms. The molecule has 0 atom stereocenters. The van der Waals surface area contributed by atoms with E-state index in [4.69, 9.17) is 23.2 Å². The number of nitrogens with zero attached hydrogens (tertiary/aromatic N) is 1. The molecule has 0 fully saturated rings. The van der Waals surface area contributed by atoms with Crippen LogP contribution in [0.5, 0.6) is 0 Å². The molecule has 0 saturated heterocycles. The highest BCUT2D eigenvalue weighted by atomic mass is 35.5. The summed E-state index contributed by atoms with van der Waals surface area (Å²) in [6.45, 7) is 0.922. The lowest BCUT2D eigenvalue weighted by Gasteiger charge is -2.21. The van der Waals surface area contributed by atoms with Crippen molar-refractivity contribution in [2.45, 2.75) is 0 Å². The van der Waals surface area contributed by atoms with Crippen LogP contribution in [0.15, 0.2) is 11.1 Å². The standard InChI is InChI=1S/C7H14Cl2N.ClH/c1-10(2,3)5-4-7(9)6-8;/h4H,5-6H2,1-3H3;1H/q+1;/p-1. The van der Waals surface area contributed by atoms with E-state index in [1.807, 2.05) is 6.08 Å². The van der Waals surface area contributed by atoms with Crippen LogP contribution in [0, 0.1) is 0 Å². The number of likely N-dealkylation sites (N-methyl/N-ethyl adjacent to an activating group) is 1. The first kappa shape index (κ1) is 14.1. The number of alkyl halides is 1. The summed E-state index contributed by atoms with van der Waals surface area (Å²) in [5.74, 6) is 0.418. The fourth-order valence-electron chi connectivity index (χ4n) is 0.427. The fraction of sp³-hybridized carbons (Fsp3) is 0.714. The number of hydrogen-bond acceptors (Lipinski definition) is 0. The maximum absolute atomic E-state index is 5.69. The van der Waals surface area contributed by atoms with Gasteiger partial charge in [0.05, 0.1) is 33.6 Å². The molecule has 0 aromatic rings. The van der Waals surface area contributed by atoms with E-state index in [-0.39, 0.29) is 12.4 Å². The average molecular weight is 219 g/mol. The smallest absolute Gasteiger partial charge is 0.0982 e. The first-order chi connectivity index (χ1) is 4.45. The van der Waals surface area contributed by atoms with Crippen LogP contribution in [-0.4, -0.2) is 38.1 Å². The first-order valence-electron chi connectivity index (χ1n) is 3.16. The van der Waals surface area contributed by atoms with Crippen LogP contribution in [0.25, 0.3) is 0 Å². The molecule has 0 radical (unpaired) electrons. The van der Waals surface area contributed by atoms with Crippen molar-refractivity contribution >= 4 is 23.2 Å². The van der Waals surface area contributed by atoms with Gasteiger partial charge in [-0.3, -0.25) is 0 Å². The molecule has 68 valence electrons. The van der Waals surface area contributed by atoms with Gasteiger partial charge in [0.1, 0.15) is 0 Å². The van der Waals surface area contributed by atoms with Crippen molar-refractivity contribution in [3.05, 3.63) is 11.1 Å². The molecule has 0 amide bonds. The van der Waals surface area contributed by atoms with Gasteiger partial charge in [0.2, 0.25) is 0 Å². The molecule has 0 aromatic heterocycles. The molecule has 0 spiro atoms. The monoisotopic (exact) mass is 217 g/mol. The summed E-state index contributed by atoms with van der Waals surface area (Å²) in [7, 11) is 6.32. The van der Waals surface area contributed by atoms with Gasteiger partial charge in [-0.1, -0.05) is 11.6 Å². The van der Waals surface area contributed by atoms with Gasteiger partial charge in [0, 0.05) is 5.03 Å². The van der Waals surface area contributed by atoms with Crippen molar-refractivity contribution in [1.29, 1.82) is 0 Å². The fourth-order valence-corrected chi connectivity index (χ4v) is 0.606. The predicted molar refractivity (Wildman–Crippen MR) is 47.6 cm³/mol. The number of rotatable bonds is 3. The molecule has 0 aliphatic rings. The van der Waals surface area contributed by atoms with Gasteiger partial charge in [0.25, 0.3) is 0 Å². The van der Waals surface area contributed by atoms with Crippen LogP contribution in [0.4, 0.5) is 0 Å². The first-order valence-corrected chi connectivity index (χ1v) is 4.08. The summed E-state index contributed by atoms with van der Waals surface area (Å²) in [4.78, 5) is 0. The number of hydrogen-bond donors (Lipinski definition) is 0. The number of allylic oxidation sites excluding steroid dienone is 1. The SMILES string of the molecule is C[N+](C)(C)CC=C(Cl)CCl.[Cl-]. The zero-order chi connectivity index (χ0) is 8.20. The molecule has 0 aliphatic heterocycles. The Morgan fingerprint density at radius 2 is 1.82 bits per heavy atom. The van der Waals surface area contributed by atoms with Crippen molar-refractivity contribution in [2.75, 3.05) is 33.6 Å². The predicted octanol–water partition coefficient (Wildman–Crippen LogP) is -0.942. The minimum absolute atomic E-state index is 0. The Morgan fingerprint density at radius 1 is 1.36 bits per heavy atom. The van der Waals surface area contributed by atoms with Crippen molar-refractivity contribution in [3.63, 3.8) is 0 Å². The maximum Gasteiger partial charge on any atom is 0.0982 e. The van der Waals surface area contributed by atoms with E-state index in [9.17, 15) is 0 Å². The van der Waals surface area contributed by atoms with Gasteiger partial charge in [-0.05, 0) is 6.08 Å². The van der Waals surface area contributed by atoms with Crippen molar-refractivity contribution in [1.82, 2.24) is 0 Å². The molecule has 0 rings (SSSR count). The normalized spacial score (nSPS) is 12.6. The van der Waals surface area contributed by atoms with Crippen LogP contribution >= 0.6 is 23.2 Å². The Balaban J connectivity index is 0.